The first-order chi connectivity index (χ1) is 15.9. The van der Waals surface area contributed by atoms with Crippen LogP contribution in [0.15, 0.2) is 35.7 Å². The van der Waals surface area contributed by atoms with E-state index in [-0.39, 0.29) is 37.7 Å². The van der Waals surface area contributed by atoms with Crippen LogP contribution in [-0.2, 0) is 16.0 Å². The molecule has 0 radical (unpaired) electrons. The van der Waals surface area contributed by atoms with Gasteiger partial charge in [-0.05, 0) is 56.3 Å². The van der Waals surface area contributed by atoms with Gasteiger partial charge >= 0.3 is 0 Å². The van der Waals surface area contributed by atoms with Gasteiger partial charge in [-0.3, -0.25) is 9.69 Å². The first kappa shape index (κ1) is 25.3. The van der Waals surface area contributed by atoms with E-state index in [2.05, 4.69) is 17.4 Å². The van der Waals surface area contributed by atoms with Crippen LogP contribution in [0.4, 0.5) is 0 Å². The third kappa shape index (κ3) is 7.05. The number of aliphatic hydroxyl groups is 1. The molecule has 1 aliphatic heterocycles. The van der Waals surface area contributed by atoms with Gasteiger partial charge in [0.2, 0.25) is 5.91 Å². The Hall–Kier alpha value is -2.37. The van der Waals surface area contributed by atoms with E-state index in [9.17, 15) is 9.90 Å². The quantitative estimate of drug-likeness (QED) is 0.403. The SMILES string of the molecule is C#CCOC[C@@H](O)CN(CC(=O)N1CCc2sccc2[C@@H]1COc1ccc(C)cc1)C(C)C. The molecule has 33 heavy (non-hydrogen) atoms. The lowest BCUT2D eigenvalue weighted by molar-refractivity contribution is -0.137. The Balaban J connectivity index is 1.68. The van der Waals surface area contributed by atoms with Gasteiger partial charge in [0.25, 0.3) is 0 Å². The van der Waals surface area contributed by atoms with Gasteiger partial charge in [-0.15, -0.1) is 17.8 Å². The molecule has 1 aromatic carbocycles. The van der Waals surface area contributed by atoms with Crippen molar-refractivity contribution in [3.05, 3.63) is 51.7 Å². The zero-order valence-electron chi connectivity index (χ0n) is 19.7. The van der Waals surface area contributed by atoms with E-state index in [1.807, 2.05) is 54.8 Å². The topological polar surface area (TPSA) is 62.2 Å². The predicted octanol–water partition coefficient (Wildman–Crippen LogP) is 3.28. The number of nitrogens with zero attached hydrogens (tertiary/aromatic N) is 2. The minimum atomic E-state index is -0.709. The van der Waals surface area contributed by atoms with Crippen molar-refractivity contribution in [2.45, 2.75) is 45.4 Å². The fourth-order valence-corrected chi connectivity index (χ4v) is 4.91. The summed E-state index contributed by atoms with van der Waals surface area (Å²) in [6.07, 6.45) is 5.34. The summed E-state index contributed by atoms with van der Waals surface area (Å²) in [4.78, 5) is 18.7. The second-order valence-electron chi connectivity index (χ2n) is 8.67. The average Bonchev–Trinajstić information content (AvgIpc) is 3.27. The van der Waals surface area contributed by atoms with Gasteiger partial charge in [-0.1, -0.05) is 23.6 Å². The summed E-state index contributed by atoms with van der Waals surface area (Å²) in [5.74, 6) is 3.23. The smallest absolute Gasteiger partial charge is 0.237 e. The molecule has 1 N–H and O–H groups in total. The third-order valence-electron chi connectivity index (χ3n) is 5.85. The van der Waals surface area contributed by atoms with E-state index in [4.69, 9.17) is 15.9 Å². The highest BCUT2D eigenvalue weighted by Gasteiger charge is 2.33. The van der Waals surface area contributed by atoms with E-state index < -0.39 is 6.10 Å². The zero-order valence-corrected chi connectivity index (χ0v) is 20.5. The van der Waals surface area contributed by atoms with Crippen LogP contribution in [0.2, 0.25) is 0 Å². The van der Waals surface area contributed by atoms with Gasteiger partial charge in [-0.2, -0.15) is 0 Å². The fraction of sp³-hybridized carbons (Fsp3) is 0.500. The molecule has 0 bridgehead atoms. The van der Waals surface area contributed by atoms with Crippen molar-refractivity contribution < 1.29 is 19.4 Å². The Morgan fingerprint density at radius 1 is 1.33 bits per heavy atom. The molecule has 2 aromatic rings. The molecule has 1 amide bonds. The van der Waals surface area contributed by atoms with Crippen LogP contribution in [0.5, 0.6) is 5.75 Å². The Morgan fingerprint density at radius 3 is 2.79 bits per heavy atom. The number of aliphatic hydroxyl groups excluding tert-OH is 1. The first-order valence-electron chi connectivity index (χ1n) is 11.4. The summed E-state index contributed by atoms with van der Waals surface area (Å²) in [5.41, 5.74) is 2.35. The van der Waals surface area contributed by atoms with E-state index in [1.165, 1.54) is 16.0 Å². The lowest BCUT2D eigenvalue weighted by Crippen LogP contribution is -2.49. The van der Waals surface area contributed by atoms with Gasteiger partial charge in [0.1, 0.15) is 19.0 Å². The minimum absolute atomic E-state index is 0.0369. The molecule has 6 nitrogen and oxygen atoms in total. The van der Waals surface area contributed by atoms with Crippen molar-refractivity contribution >= 4 is 17.2 Å². The van der Waals surface area contributed by atoms with Crippen LogP contribution < -0.4 is 4.74 Å². The van der Waals surface area contributed by atoms with E-state index in [0.717, 1.165) is 12.2 Å². The van der Waals surface area contributed by atoms with Crippen molar-refractivity contribution in [1.29, 1.82) is 0 Å². The molecule has 2 heterocycles. The van der Waals surface area contributed by atoms with Crippen LogP contribution in [0.25, 0.3) is 0 Å². The molecule has 0 unspecified atom stereocenters. The number of thiophene rings is 1. The molecule has 0 fully saturated rings. The number of ether oxygens (including phenoxy) is 2. The third-order valence-corrected chi connectivity index (χ3v) is 6.85. The molecule has 1 aliphatic rings. The number of aryl methyl sites for hydroxylation is 1. The summed E-state index contributed by atoms with van der Waals surface area (Å²) in [6.45, 7) is 8.04. The monoisotopic (exact) mass is 470 g/mol. The van der Waals surface area contributed by atoms with Gasteiger partial charge in [0.15, 0.2) is 0 Å². The van der Waals surface area contributed by atoms with Gasteiger partial charge in [0.05, 0.1) is 25.3 Å². The van der Waals surface area contributed by atoms with Crippen LogP contribution in [0, 0.1) is 19.3 Å². The van der Waals surface area contributed by atoms with Gasteiger partial charge in [-0.25, -0.2) is 0 Å². The van der Waals surface area contributed by atoms with Crippen molar-refractivity contribution in [3.8, 4) is 18.1 Å². The number of hydrogen-bond acceptors (Lipinski definition) is 6. The molecular weight excluding hydrogens is 436 g/mol. The average molecular weight is 471 g/mol. The first-order valence-corrected chi connectivity index (χ1v) is 12.3. The maximum absolute atomic E-state index is 13.4. The van der Waals surface area contributed by atoms with Crippen LogP contribution in [0.3, 0.4) is 0 Å². The normalized spacial score (nSPS) is 16.5. The second kappa shape index (κ2) is 12.2. The number of amides is 1. The van der Waals surface area contributed by atoms with Crippen molar-refractivity contribution in [2.75, 3.05) is 39.5 Å². The van der Waals surface area contributed by atoms with E-state index in [0.29, 0.717) is 19.7 Å². The highest BCUT2D eigenvalue weighted by Crippen LogP contribution is 2.34. The van der Waals surface area contributed by atoms with Crippen LogP contribution in [-0.4, -0.2) is 72.4 Å². The highest BCUT2D eigenvalue weighted by atomic mass is 32.1. The number of benzene rings is 1. The summed E-state index contributed by atoms with van der Waals surface area (Å²) in [6, 6.07) is 10.0. The Kier molecular flexibility index (Phi) is 9.33. The predicted molar refractivity (Wildman–Crippen MR) is 132 cm³/mol. The standard InChI is InChI=1S/C26H34N2O4S/c1-5-13-31-17-21(29)15-27(19(2)3)16-26(30)28-12-10-25-23(11-14-33-25)24(28)18-32-22-8-6-20(4)7-9-22/h1,6-9,11,14,19,21,24,29H,10,12-13,15-18H2,2-4H3/t21-,24-/m0/s1. The lowest BCUT2D eigenvalue weighted by atomic mass is 10.00. The fourth-order valence-electron chi connectivity index (χ4n) is 3.98. The molecule has 2 atom stereocenters. The van der Waals surface area contributed by atoms with Crippen LogP contribution >= 0.6 is 11.3 Å². The maximum atomic E-state index is 13.4. The Labute approximate surface area is 201 Å². The molecule has 0 saturated carbocycles. The molecule has 178 valence electrons. The molecule has 0 aliphatic carbocycles. The van der Waals surface area contributed by atoms with E-state index >= 15 is 0 Å². The summed E-state index contributed by atoms with van der Waals surface area (Å²) in [5, 5.41) is 12.4. The molecule has 3 rings (SSSR count). The number of fused-ring (bicyclic) bond motifs is 1. The van der Waals surface area contributed by atoms with Crippen molar-refractivity contribution in [2.24, 2.45) is 0 Å². The Bertz CT molecular complexity index is 935. The molecule has 0 spiro atoms. The molecule has 1 aromatic heterocycles. The highest BCUT2D eigenvalue weighted by molar-refractivity contribution is 7.10. The molecular formula is C26H34N2O4S. The number of carbonyl (C=O) groups excluding carboxylic acids is 1. The van der Waals surface area contributed by atoms with Crippen molar-refractivity contribution in [1.82, 2.24) is 9.80 Å². The number of terminal acetylenes is 1. The molecule has 7 heteroatoms. The van der Waals surface area contributed by atoms with Crippen LogP contribution in [0.1, 0.15) is 35.9 Å². The van der Waals surface area contributed by atoms with Gasteiger partial charge in [0, 0.05) is 24.0 Å². The Morgan fingerprint density at radius 2 is 2.09 bits per heavy atom. The minimum Gasteiger partial charge on any atom is -0.491 e. The second-order valence-corrected chi connectivity index (χ2v) is 9.67. The lowest BCUT2D eigenvalue weighted by Gasteiger charge is -2.38. The maximum Gasteiger partial charge on any atom is 0.237 e. The zero-order chi connectivity index (χ0) is 23.8. The van der Waals surface area contributed by atoms with Gasteiger partial charge < -0.3 is 19.5 Å². The summed E-state index contributed by atoms with van der Waals surface area (Å²) in [7, 11) is 0. The summed E-state index contributed by atoms with van der Waals surface area (Å²) < 4.78 is 11.4. The number of hydrogen-bond donors (Lipinski definition) is 1. The number of rotatable bonds is 11. The van der Waals surface area contributed by atoms with E-state index in [1.54, 1.807) is 11.3 Å². The largest absolute Gasteiger partial charge is 0.491 e. The van der Waals surface area contributed by atoms with Crippen molar-refractivity contribution in [3.63, 3.8) is 0 Å². The number of carbonyl (C=O) groups is 1. The summed E-state index contributed by atoms with van der Waals surface area (Å²) >= 11 is 1.74. The molecule has 0 saturated heterocycles.